The molecule has 0 radical (unpaired) electrons. The van der Waals surface area contributed by atoms with Gasteiger partial charge in [-0.3, -0.25) is 9.78 Å². The van der Waals surface area contributed by atoms with E-state index in [1.807, 2.05) is 0 Å². The van der Waals surface area contributed by atoms with Gasteiger partial charge in [-0.15, -0.1) is 12.4 Å². The highest BCUT2D eigenvalue weighted by molar-refractivity contribution is 5.85. The van der Waals surface area contributed by atoms with E-state index in [0.29, 0.717) is 17.1 Å². The average Bonchev–Trinajstić information content (AvgIpc) is 3.02. The van der Waals surface area contributed by atoms with Crippen molar-refractivity contribution in [2.24, 2.45) is 0 Å². The van der Waals surface area contributed by atoms with Gasteiger partial charge in [0.1, 0.15) is 0 Å². The van der Waals surface area contributed by atoms with Gasteiger partial charge in [0, 0.05) is 6.54 Å². The summed E-state index contributed by atoms with van der Waals surface area (Å²) >= 11 is 0. The zero-order chi connectivity index (χ0) is 16.3. The first-order valence-electron chi connectivity index (χ1n) is 8.98. The first kappa shape index (κ1) is 20.5. The van der Waals surface area contributed by atoms with Crippen molar-refractivity contribution in [1.29, 1.82) is 0 Å². The Morgan fingerprint density at radius 1 is 1.00 bits per heavy atom. The highest BCUT2D eigenvalue weighted by Crippen LogP contribution is 2.10. The summed E-state index contributed by atoms with van der Waals surface area (Å²) in [6, 6.07) is 0. The minimum atomic E-state index is -0.182. The van der Waals surface area contributed by atoms with Crippen molar-refractivity contribution < 1.29 is 0 Å². The number of anilines is 1. The Morgan fingerprint density at radius 3 is 2.29 bits per heavy atom. The second-order valence-corrected chi connectivity index (χ2v) is 6.12. The van der Waals surface area contributed by atoms with Gasteiger partial charge in [-0.25, -0.2) is 4.98 Å². The molecule has 0 atom stereocenters. The highest BCUT2D eigenvalue weighted by atomic mass is 35.5. The molecule has 0 aliphatic carbocycles. The Kier molecular flexibility index (Phi) is 10.2. The number of hydrogen-bond donors (Lipinski definition) is 3. The van der Waals surface area contributed by atoms with Crippen LogP contribution in [0.25, 0.3) is 11.2 Å². The van der Waals surface area contributed by atoms with Crippen LogP contribution in [0.15, 0.2) is 11.1 Å². The Labute approximate surface area is 149 Å². The van der Waals surface area contributed by atoms with Crippen LogP contribution in [0.4, 0.5) is 5.95 Å². The van der Waals surface area contributed by atoms with Gasteiger partial charge in [0.2, 0.25) is 5.95 Å². The maximum absolute atomic E-state index is 11.8. The highest BCUT2D eigenvalue weighted by Gasteiger charge is 2.04. The van der Waals surface area contributed by atoms with Crippen LogP contribution in [0.1, 0.15) is 71.1 Å². The molecule has 2 heterocycles. The van der Waals surface area contributed by atoms with Gasteiger partial charge in [-0.05, 0) is 6.42 Å². The van der Waals surface area contributed by atoms with Gasteiger partial charge in [0.25, 0.3) is 5.56 Å². The lowest BCUT2D eigenvalue weighted by Crippen LogP contribution is -2.14. The molecule has 6 nitrogen and oxygen atoms in total. The Hall–Kier alpha value is -1.56. The molecular formula is C17H30ClN5O. The molecule has 0 spiro atoms. The van der Waals surface area contributed by atoms with E-state index in [1.165, 1.54) is 64.1 Å². The number of hydrogen-bond acceptors (Lipinski definition) is 4. The first-order valence-corrected chi connectivity index (χ1v) is 8.98. The fourth-order valence-corrected chi connectivity index (χ4v) is 2.75. The second kappa shape index (κ2) is 11.9. The lowest BCUT2D eigenvalue weighted by molar-refractivity contribution is 0.559. The number of aromatic nitrogens is 4. The number of rotatable bonds is 12. The lowest BCUT2D eigenvalue weighted by atomic mass is 10.1. The van der Waals surface area contributed by atoms with Crippen molar-refractivity contribution >= 4 is 29.5 Å². The van der Waals surface area contributed by atoms with Crippen LogP contribution < -0.4 is 10.9 Å². The van der Waals surface area contributed by atoms with Crippen LogP contribution in [-0.4, -0.2) is 26.5 Å². The molecule has 0 aliphatic rings. The Morgan fingerprint density at radius 2 is 1.62 bits per heavy atom. The monoisotopic (exact) mass is 355 g/mol. The van der Waals surface area contributed by atoms with Crippen molar-refractivity contribution in [2.45, 2.75) is 71.1 Å². The van der Waals surface area contributed by atoms with E-state index in [0.717, 1.165) is 13.0 Å². The van der Waals surface area contributed by atoms with Gasteiger partial charge < -0.3 is 10.3 Å². The SMILES string of the molecule is CCCCCCCCCCCCNc1nc2nc[nH]c2c(=O)[nH]1.Cl. The summed E-state index contributed by atoms with van der Waals surface area (Å²) in [5.41, 5.74) is 0.701. The van der Waals surface area contributed by atoms with Gasteiger partial charge in [0.15, 0.2) is 11.2 Å². The predicted octanol–water partition coefficient (Wildman–Crippen LogP) is 4.40. The minimum Gasteiger partial charge on any atom is -0.356 e. The molecule has 2 aromatic rings. The third kappa shape index (κ3) is 6.91. The number of nitrogens with zero attached hydrogens (tertiary/aromatic N) is 2. The van der Waals surface area contributed by atoms with Gasteiger partial charge >= 0.3 is 0 Å². The number of nitrogens with one attached hydrogen (secondary N) is 3. The van der Waals surface area contributed by atoms with E-state index >= 15 is 0 Å². The summed E-state index contributed by atoms with van der Waals surface area (Å²) in [7, 11) is 0. The molecule has 0 bridgehead atoms. The van der Waals surface area contributed by atoms with Gasteiger partial charge in [-0.2, -0.15) is 4.98 Å². The summed E-state index contributed by atoms with van der Waals surface area (Å²) < 4.78 is 0. The van der Waals surface area contributed by atoms with E-state index in [-0.39, 0.29) is 18.0 Å². The number of aromatic amines is 2. The normalized spacial score (nSPS) is 10.7. The summed E-state index contributed by atoms with van der Waals surface area (Å²) in [6.07, 6.45) is 14.7. The van der Waals surface area contributed by atoms with Crippen molar-refractivity contribution in [1.82, 2.24) is 19.9 Å². The molecule has 3 N–H and O–H groups in total. The van der Waals surface area contributed by atoms with E-state index in [9.17, 15) is 4.79 Å². The third-order valence-electron chi connectivity index (χ3n) is 4.12. The third-order valence-corrected chi connectivity index (χ3v) is 4.12. The van der Waals surface area contributed by atoms with Crippen LogP contribution in [-0.2, 0) is 0 Å². The first-order chi connectivity index (χ1) is 11.3. The molecular weight excluding hydrogens is 326 g/mol. The van der Waals surface area contributed by atoms with Crippen LogP contribution in [0.5, 0.6) is 0 Å². The molecule has 2 rings (SSSR count). The quantitative estimate of drug-likeness (QED) is 0.492. The molecule has 0 fully saturated rings. The Balaban J connectivity index is 0.00000288. The number of fused-ring (bicyclic) bond motifs is 1. The number of halogens is 1. The van der Waals surface area contributed by atoms with E-state index in [1.54, 1.807) is 0 Å². The van der Waals surface area contributed by atoms with Crippen molar-refractivity contribution in [3.63, 3.8) is 0 Å². The van der Waals surface area contributed by atoms with E-state index < -0.39 is 0 Å². The van der Waals surface area contributed by atoms with Crippen LogP contribution in [0.2, 0.25) is 0 Å². The zero-order valence-electron chi connectivity index (χ0n) is 14.6. The average molecular weight is 356 g/mol. The molecule has 2 aromatic heterocycles. The number of H-pyrrole nitrogens is 2. The Bertz CT molecular complexity index is 625. The molecule has 0 aromatic carbocycles. The summed E-state index contributed by atoms with van der Waals surface area (Å²) in [5, 5.41) is 3.17. The van der Waals surface area contributed by atoms with Gasteiger partial charge in [-0.1, -0.05) is 64.7 Å². The standard InChI is InChI=1S/C17H29N5O.ClH/c1-2-3-4-5-6-7-8-9-10-11-12-18-17-21-15-14(16(23)22-17)19-13-20-15;/h13H,2-12H2,1H3,(H3,18,19,20,21,22,23);1H. The fourth-order valence-electron chi connectivity index (χ4n) is 2.75. The van der Waals surface area contributed by atoms with E-state index in [2.05, 4.69) is 32.2 Å². The molecule has 0 saturated heterocycles. The molecule has 0 unspecified atom stereocenters. The minimum absolute atomic E-state index is 0. The van der Waals surface area contributed by atoms with E-state index in [4.69, 9.17) is 0 Å². The van der Waals surface area contributed by atoms with Crippen LogP contribution in [0.3, 0.4) is 0 Å². The van der Waals surface area contributed by atoms with Crippen molar-refractivity contribution in [3.05, 3.63) is 16.7 Å². The van der Waals surface area contributed by atoms with Crippen LogP contribution in [0, 0.1) is 0 Å². The molecule has 0 saturated carbocycles. The predicted molar refractivity (Wildman–Crippen MR) is 102 cm³/mol. The molecule has 24 heavy (non-hydrogen) atoms. The molecule has 0 amide bonds. The molecule has 7 heteroatoms. The molecule has 0 aliphatic heterocycles. The zero-order valence-corrected chi connectivity index (χ0v) is 15.4. The lowest BCUT2D eigenvalue weighted by Gasteiger charge is -2.05. The smallest absolute Gasteiger partial charge is 0.278 e. The summed E-state index contributed by atoms with van der Waals surface area (Å²) in [6.45, 7) is 3.08. The van der Waals surface area contributed by atoms with Crippen molar-refractivity contribution in [3.8, 4) is 0 Å². The topological polar surface area (TPSA) is 86.5 Å². The molecule has 136 valence electrons. The van der Waals surface area contributed by atoms with Crippen molar-refractivity contribution in [2.75, 3.05) is 11.9 Å². The maximum atomic E-state index is 11.8. The maximum Gasteiger partial charge on any atom is 0.278 e. The van der Waals surface area contributed by atoms with Gasteiger partial charge in [0.05, 0.1) is 6.33 Å². The number of imidazole rings is 1. The second-order valence-electron chi connectivity index (χ2n) is 6.12. The van der Waals surface area contributed by atoms with Crippen LogP contribution >= 0.6 is 12.4 Å². The summed E-state index contributed by atoms with van der Waals surface area (Å²) in [4.78, 5) is 25.5. The fraction of sp³-hybridized carbons (Fsp3) is 0.706. The largest absolute Gasteiger partial charge is 0.356 e. The summed E-state index contributed by atoms with van der Waals surface area (Å²) in [5.74, 6) is 0.505. The number of unbranched alkanes of at least 4 members (excludes halogenated alkanes) is 9.